The van der Waals surface area contributed by atoms with E-state index in [2.05, 4.69) is 17.2 Å². The van der Waals surface area contributed by atoms with Gasteiger partial charge in [-0.25, -0.2) is 4.39 Å². The van der Waals surface area contributed by atoms with Crippen molar-refractivity contribution in [3.05, 3.63) is 35.1 Å². The quantitative estimate of drug-likeness (QED) is 0.507. The van der Waals surface area contributed by atoms with E-state index in [1.165, 1.54) is 12.1 Å². The first kappa shape index (κ1) is 17.3. The maximum absolute atomic E-state index is 13.5. The number of aliphatic hydroxyl groups is 1. The van der Waals surface area contributed by atoms with E-state index in [-0.39, 0.29) is 36.2 Å². The topological polar surface area (TPSA) is 49.3 Å². The molecule has 2 N–H and O–H groups in total. The summed E-state index contributed by atoms with van der Waals surface area (Å²) in [6.07, 6.45) is 0. The van der Waals surface area contributed by atoms with Crippen LogP contribution in [0, 0.1) is 17.7 Å². The number of halogens is 4. The van der Waals surface area contributed by atoms with Gasteiger partial charge in [0, 0.05) is 17.9 Å². The van der Waals surface area contributed by atoms with E-state index in [1.54, 1.807) is 0 Å². The van der Waals surface area contributed by atoms with Crippen molar-refractivity contribution in [3.8, 4) is 11.8 Å². The molecule has 0 spiro atoms. The van der Waals surface area contributed by atoms with Gasteiger partial charge in [0.2, 0.25) is 0 Å². The molecule has 0 aromatic heterocycles. The van der Waals surface area contributed by atoms with Gasteiger partial charge in [-0.1, -0.05) is 11.8 Å². The van der Waals surface area contributed by atoms with Crippen LogP contribution in [0.1, 0.15) is 15.9 Å². The van der Waals surface area contributed by atoms with Crippen molar-refractivity contribution in [2.75, 3.05) is 18.9 Å². The van der Waals surface area contributed by atoms with Gasteiger partial charge < -0.3 is 10.4 Å². The zero-order chi connectivity index (χ0) is 15.9. The molecule has 1 rings (SSSR count). The van der Waals surface area contributed by atoms with Gasteiger partial charge >= 0.3 is 5.51 Å². The molecule has 0 saturated carbocycles. The number of carbonyl (C=O) groups excluding carboxylic acids is 1. The first-order valence-electron chi connectivity index (χ1n) is 5.71. The molecule has 0 unspecified atom stereocenters. The van der Waals surface area contributed by atoms with E-state index in [4.69, 9.17) is 5.11 Å². The maximum atomic E-state index is 13.5. The molecule has 0 bridgehead atoms. The molecule has 0 atom stereocenters. The summed E-state index contributed by atoms with van der Waals surface area (Å²) < 4.78 is 49.2. The van der Waals surface area contributed by atoms with Crippen molar-refractivity contribution >= 4 is 17.7 Å². The number of amides is 1. The van der Waals surface area contributed by atoms with Crippen LogP contribution in [0.4, 0.5) is 17.6 Å². The lowest BCUT2D eigenvalue weighted by Crippen LogP contribution is -2.27. The highest BCUT2D eigenvalue weighted by molar-refractivity contribution is 8.00. The molecule has 0 radical (unpaired) electrons. The van der Waals surface area contributed by atoms with Gasteiger partial charge in [0.1, 0.15) is 12.4 Å². The Morgan fingerprint density at radius 1 is 1.38 bits per heavy atom. The molecule has 0 fully saturated rings. The summed E-state index contributed by atoms with van der Waals surface area (Å²) in [6.45, 7) is -0.622. The second-order valence-corrected chi connectivity index (χ2v) is 4.86. The lowest BCUT2D eigenvalue weighted by Gasteiger charge is -2.08. The average molecular weight is 321 g/mol. The molecule has 0 aliphatic heterocycles. The molecule has 1 amide bonds. The zero-order valence-electron chi connectivity index (χ0n) is 10.6. The molecule has 8 heteroatoms. The normalized spacial score (nSPS) is 10.7. The largest absolute Gasteiger partial charge is 0.441 e. The lowest BCUT2D eigenvalue weighted by atomic mass is 10.1. The molecule has 0 heterocycles. The van der Waals surface area contributed by atoms with Crippen LogP contribution in [-0.2, 0) is 0 Å². The van der Waals surface area contributed by atoms with Gasteiger partial charge in [0.15, 0.2) is 0 Å². The Balaban J connectivity index is 2.65. The summed E-state index contributed by atoms with van der Waals surface area (Å²) >= 11 is -0.269. The molecule has 1 aromatic carbocycles. The number of rotatable bonds is 4. The molecule has 0 aliphatic carbocycles. The Kier molecular flexibility index (Phi) is 6.52. The second-order valence-electron chi connectivity index (χ2n) is 3.70. The van der Waals surface area contributed by atoms with Crippen molar-refractivity contribution in [1.82, 2.24) is 5.32 Å². The maximum Gasteiger partial charge on any atom is 0.441 e. The summed E-state index contributed by atoms with van der Waals surface area (Å²) in [5, 5.41) is 10.7. The van der Waals surface area contributed by atoms with Crippen LogP contribution in [-0.4, -0.2) is 35.4 Å². The Morgan fingerprint density at radius 3 is 2.71 bits per heavy atom. The Morgan fingerprint density at radius 2 is 2.10 bits per heavy atom. The smallest absolute Gasteiger partial charge is 0.384 e. The number of alkyl halides is 3. The van der Waals surface area contributed by atoms with Gasteiger partial charge in [-0.15, -0.1) is 0 Å². The van der Waals surface area contributed by atoms with Gasteiger partial charge in [-0.2, -0.15) is 13.2 Å². The minimum Gasteiger partial charge on any atom is -0.384 e. The van der Waals surface area contributed by atoms with Crippen molar-refractivity contribution in [2.24, 2.45) is 0 Å². The van der Waals surface area contributed by atoms with Crippen LogP contribution in [0.3, 0.4) is 0 Å². The highest BCUT2D eigenvalue weighted by Crippen LogP contribution is 2.29. The van der Waals surface area contributed by atoms with Crippen molar-refractivity contribution in [2.45, 2.75) is 5.51 Å². The minimum absolute atomic E-state index is 0.241. The van der Waals surface area contributed by atoms with Gasteiger partial charge in [-0.3, -0.25) is 4.79 Å². The third-order valence-corrected chi connectivity index (χ3v) is 2.91. The van der Waals surface area contributed by atoms with Crippen molar-refractivity contribution < 1.29 is 27.5 Å². The van der Waals surface area contributed by atoms with Crippen molar-refractivity contribution in [3.63, 3.8) is 0 Å². The summed E-state index contributed by atoms with van der Waals surface area (Å²) in [6, 6.07) is 3.53. The number of thioether (sulfide) groups is 1. The van der Waals surface area contributed by atoms with E-state index in [0.717, 1.165) is 6.07 Å². The third kappa shape index (κ3) is 6.51. The molecule has 21 heavy (non-hydrogen) atoms. The molecule has 0 aliphatic rings. The number of hydrogen-bond acceptors (Lipinski definition) is 3. The molecular weight excluding hydrogens is 310 g/mol. The van der Waals surface area contributed by atoms with Crippen LogP contribution in [0.25, 0.3) is 0 Å². The Bertz CT molecular complexity index is 564. The monoisotopic (exact) mass is 321 g/mol. The predicted octanol–water partition coefficient (Wildman–Crippen LogP) is 2.15. The highest BCUT2D eigenvalue weighted by atomic mass is 32.2. The summed E-state index contributed by atoms with van der Waals surface area (Å²) in [4.78, 5) is 11.7. The average Bonchev–Trinajstić information content (AvgIpc) is 2.41. The molecule has 114 valence electrons. The van der Waals surface area contributed by atoms with Crippen molar-refractivity contribution in [1.29, 1.82) is 0 Å². The Hall–Kier alpha value is -1.72. The second kappa shape index (κ2) is 7.90. The highest BCUT2D eigenvalue weighted by Gasteiger charge is 2.27. The standard InChI is InChI=1S/C13H11F4NO2S/c14-11-4-3-9(2-1-6-19)8-10(11)12(20)18-5-7-21-13(15,16)17/h3-4,8,19H,5-7H2,(H,18,20). The van der Waals surface area contributed by atoms with E-state index >= 15 is 0 Å². The van der Waals surface area contributed by atoms with Gasteiger partial charge in [-0.05, 0) is 30.0 Å². The van der Waals surface area contributed by atoms with Crippen LogP contribution in [0.5, 0.6) is 0 Å². The molecule has 1 aromatic rings. The van der Waals surface area contributed by atoms with E-state index in [0.29, 0.717) is 5.56 Å². The fourth-order valence-electron chi connectivity index (χ4n) is 1.35. The third-order valence-electron chi connectivity index (χ3n) is 2.18. The summed E-state index contributed by atoms with van der Waals surface area (Å²) in [5.74, 6) is 2.87. The fraction of sp³-hybridized carbons (Fsp3) is 0.308. The van der Waals surface area contributed by atoms with Gasteiger partial charge in [0.25, 0.3) is 5.91 Å². The fourth-order valence-corrected chi connectivity index (χ4v) is 1.78. The zero-order valence-corrected chi connectivity index (χ0v) is 11.4. The molecular formula is C13H11F4NO2S. The van der Waals surface area contributed by atoms with Gasteiger partial charge in [0.05, 0.1) is 5.56 Å². The summed E-state index contributed by atoms with van der Waals surface area (Å²) in [5.41, 5.74) is -4.35. The van der Waals surface area contributed by atoms with E-state index < -0.39 is 17.2 Å². The Labute approximate surface area is 122 Å². The number of aliphatic hydroxyl groups excluding tert-OH is 1. The van der Waals surface area contributed by atoms with Crippen LogP contribution in [0.15, 0.2) is 18.2 Å². The molecule has 0 saturated heterocycles. The molecule has 3 nitrogen and oxygen atoms in total. The number of carbonyl (C=O) groups is 1. The SMILES string of the molecule is O=C(NCCSC(F)(F)F)c1cc(C#CCO)ccc1F. The first-order valence-corrected chi connectivity index (χ1v) is 6.70. The number of nitrogens with one attached hydrogen (secondary N) is 1. The number of benzene rings is 1. The van der Waals surface area contributed by atoms with Crippen LogP contribution < -0.4 is 5.32 Å². The van der Waals surface area contributed by atoms with E-state index in [1.807, 2.05) is 0 Å². The van der Waals surface area contributed by atoms with Crippen LogP contribution in [0.2, 0.25) is 0 Å². The predicted molar refractivity (Wildman–Crippen MR) is 71.2 cm³/mol. The lowest BCUT2D eigenvalue weighted by molar-refractivity contribution is -0.0327. The first-order chi connectivity index (χ1) is 9.83. The minimum atomic E-state index is -4.37. The van der Waals surface area contributed by atoms with E-state index in [9.17, 15) is 22.4 Å². The summed E-state index contributed by atoms with van der Waals surface area (Å²) in [7, 11) is 0. The van der Waals surface area contributed by atoms with Crippen LogP contribution >= 0.6 is 11.8 Å². The number of hydrogen-bond donors (Lipinski definition) is 2.